The van der Waals surface area contributed by atoms with Crippen molar-refractivity contribution in [3.8, 4) is 0 Å². The van der Waals surface area contributed by atoms with Crippen molar-refractivity contribution < 1.29 is 9.50 Å². The lowest BCUT2D eigenvalue weighted by molar-refractivity contribution is 0.0880. The van der Waals surface area contributed by atoms with Gasteiger partial charge < -0.3 is 10.0 Å². The predicted octanol–water partition coefficient (Wildman–Crippen LogP) is 2.84. The van der Waals surface area contributed by atoms with Crippen molar-refractivity contribution >= 4 is 0 Å². The van der Waals surface area contributed by atoms with Gasteiger partial charge in [0, 0.05) is 12.1 Å². The highest BCUT2D eigenvalue weighted by Gasteiger charge is 2.20. The third kappa shape index (κ3) is 3.79. The second kappa shape index (κ2) is 6.72. The van der Waals surface area contributed by atoms with E-state index >= 15 is 0 Å². The number of hydrogen-bond acceptors (Lipinski definition) is 2. The zero-order valence-corrected chi connectivity index (χ0v) is 10.9. The Balaban J connectivity index is 2.69. The van der Waals surface area contributed by atoms with Crippen LogP contribution in [0, 0.1) is 11.7 Å². The largest absolute Gasteiger partial charge is 0.388 e. The number of aliphatic hydroxyl groups excluding tert-OH is 1. The summed E-state index contributed by atoms with van der Waals surface area (Å²) in [4.78, 5) is 2.23. The van der Waals surface area contributed by atoms with E-state index in [9.17, 15) is 9.50 Å². The smallest absolute Gasteiger partial charge is 0.129 e. The Hall–Kier alpha value is -0.930. The van der Waals surface area contributed by atoms with Gasteiger partial charge in [0.15, 0.2) is 0 Å². The van der Waals surface area contributed by atoms with E-state index in [-0.39, 0.29) is 11.7 Å². The highest BCUT2D eigenvalue weighted by Crippen LogP contribution is 2.24. The SMILES string of the molecule is CCN(CC)CC(C)C(O)c1ccccc1F. The average molecular weight is 239 g/mol. The van der Waals surface area contributed by atoms with Crippen LogP contribution in [0.15, 0.2) is 24.3 Å². The maximum Gasteiger partial charge on any atom is 0.129 e. The number of aliphatic hydroxyl groups is 1. The van der Waals surface area contributed by atoms with Crippen molar-refractivity contribution in [3.63, 3.8) is 0 Å². The quantitative estimate of drug-likeness (QED) is 0.825. The first-order valence-corrected chi connectivity index (χ1v) is 6.25. The van der Waals surface area contributed by atoms with Crippen LogP contribution in [0.25, 0.3) is 0 Å². The fraction of sp³-hybridized carbons (Fsp3) is 0.571. The molecule has 2 unspecified atom stereocenters. The second-order valence-electron chi connectivity index (χ2n) is 4.43. The molecule has 0 bridgehead atoms. The summed E-state index contributed by atoms with van der Waals surface area (Å²) in [5.74, 6) is -0.307. The topological polar surface area (TPSA) is 23.5 Å². The molecule has 96 valence electrons. The van der Waals surface area contributed by atoms with Crippen molar-refractivity contribution in [2.45, 2.75) is 26.9 Å². The van der Waals surface area contributed by atoms with Gasteiger partial charge in [-0.2, -0.15) is 0 Å². The first-order chi connectivity index (χ1) is 8.10. The molecule has 1 aromatic carbocycles. The summed E-state index contributed by atoms with van der Waals surface area (Å²) in [5, 5.41) is 10.1. The van der Waals surface area contributed by atoms with Gasteiger partial charge >= 0.3 is 0 Å². The first-order valence-electron chi connectivity index (χ1n) is 6.25. The molecule has 1 N–H and O–H groups in total. The molecule has 1 aromatic rings. The molecule has 0 heterocycles. The van der Waals surface area contributed by atoms with Crippen molar-refractivity contribution in [2.24, 2.45) is 5.92 Å². The molecule has 1 rings (SSSR count). The second-order valence-corrected chi connectivity index (χ2v) is 4.43. The number of nitrogens with zero attached hydrogens (tertiary/aromatic N) is 1. The zero-order valence-electron chi connectivity index (χ0n) is 10.9. The van der Waals surface area contributed by atoms with E-state index in [1.165, 1.54) is 6.07 Å². The summed E-state index contributed by atoms with van der Waals surface area (Å²) in [7, 11) is 0. The Bertz CT molecular complexity index is 339. The van der Waals surface area contributed by atoms with Crippen molar-refractivity contribution in [2.75, 3.05) is 19.6 Å². The summed E-state index contributed by atoms with van der Waals surface area (Å²) in [5.41, 5.74) is 0.396. The van der Waals surface area contributed by atoms with Crippen LogP contribution in [0.4, 0.5) is 4.39 Å². The zero-order chi connectivity index (χ0) is 12.8. The maximum atomic E-state index is 13.5. The van der Waals surface area contributed by atoms with E-state index in [0.717, 1.165) is 19.6 Å². The molecule has 0 aliphatic heterocycles. The number of rotatable bonds is 6. The van der Waals surface area contributed by atoms with Gasteiger partial charge in [0.05, 0.1) is 6.10 Å². The molecule has 0 radical (unpaired) electrons. The summed E-state index contributed by atoms with van der Waals surface area (Å²) in [6.45, 7) is 8.81. The average Bonchev–Trinajstić information content (AvgIpc) is 2.35. The molecule has 3 heteroatoms. The van der Waals surface area contributed by atoms with Gasteiger partial charge in [0.2, 0.25) is 0 Å². The van der Waals surface area contributed by atoms with Gasteiger partial charge in [-0.05, 0) is 25.1 Å². The van der Waals surface area contributed by atoms with Crippen LogP contribution in [-0.4, -0.2) is 29.6 Å². The van der Waals surface area contributed by atoms with Crippen LogP contribution < -0.4 is 0 Å². The minimum atomic E-state index is -0.739. The highest BCUT2D eigenvalue weighted by molar-refractivity contribution is 5.20. The summed E-state index contributed by atoms with van der Waals surface area (Å²) in [6.07, 6.45) is -0.739. The molecule has 0 saturated heterocycles. The third-order valence-corrected chi connectivity index (χ3v) is 3.20. The Morgan fingerprint density at radius 3 is 2.35 bits per heavy atom. The lowest BCUT2D eigenvalue weighted by atomic mass is 9.96. The highest BCUT2D eigenvalue weighted by atomic mass is 19.1. The molecule has 0 saturated carbocycles. The normalized spacial score (nSPS) is 14.9. The standard InChI is InChI=1S/C14H22FNO/c1-4-16(5-2)10-11(3)14(17)12-8-6-7-9-13(12)15/h6-9,11,14,17H,4-5,10H2,1-3H3. The molecular formula is C14H22FNO. The van der Waals surface area contributed by atoms with Crippen molar-refractivity contribution in [1.82, 2.24) is 4.90 Å². The fourth-order valence-electron chi connectivity index (χ4n) is 2.01. The van der Waals surface area contributed by atoms with Crippen LogP contribution in [-0.2, 0) is 0 Å². The van der Waals surface area contributed by atoms with Gasteiger partial charge in [-0.1, -0.05) is 39.0 Å². The fourth-order valence-corrected chi connectivity index (χ4v) is 2.01. The third-order valence-electron chi connectivity index (χ3n) is 3.20. The Morgan fingerprint density at radius 2 is 1.82 bits per heavy atom. The molecular weight excluding hydrogens is 217 g/mol. The molecule has 0 aromatic heterocycles. The van der Waals surface area contributed by atoms with Crippen LogP contribution in [0.3, 0.4) is 0 Å². The Morgan fingerprint density at radius 1 is 1.24 bits per heavy atom. The van der Waals surface area contributed by atoms with Gasteiger partial charge in [-0.15, -0.1) is 0 Å². The molecule has 0 aliphatic carbocycles. The van der Waals surface area contributed by atoms with Crippen LogP contribution in [0.5, 0.6) is 0 Å². The number of hydrogen-bond donors (Lipinski definition) is 1. The predicted molar refractivity (Wildman–Crippen MR) is 68.3 cm³/mol. The lowest BCUT2D eigenvalue weighted by Gasteiger charge is -2.26. The van der Waals surface area contributed by atoms with E-state index in [1.54, 1.807) is 18.2 Å². The molecule has 0 aliphatic rings. The Kier molecular flexibility index (Phi) is 5.59. The van der Waals surface area contributed by atoms with Crippen molar-refractivity contribution in [1.29, 1.82) is 0 Å². The number of halogens is 1. The van der Waals surface area contributed by atoms with Gasteiger partial charge in [-0.3, -0.25) is 0 Å². The van der Waals surface area contributed by atoms with Crippen LogP contribution >= 0.6 is 0 Å². The Labute approximate surface area is 103 Å². The molecule has 0 fully saturated rings. The van der Waals surface area contributed by atoms with E-state index in [4.69, 9.17) is 0 Å². The van der Waals surface area contributed by atoms with Gasteiger partial charge in [0.1, 0.15) is 5.82 Å². The monoisotopic (exact) mass is 239 g/mol. The minimum Gasteiger partial charge on any atom is -0.388 e. The summed E-state index contributed by atoms with van der Waals surface area (Å²) < 4.78 is 13.5. The molecule has 2 nitrogen and oxygen atoms in total. The van der Waals surface area contributed by atoms with Crippen molar-refractivity contribution in [3.05, 3.63) is 35.6 Å². The molecule has 0 amide bonds. The summed E-state index contributed by atoms with van der Waals surface area (Å²) in [6, 6.07) is 6.44. The van der Waals surface area contributed by atoms with E-state index < -0.39 is 6.10 Å². The first kappa shape index (κ1) is 14.1. The molecule has 17 heavy (non-hydrogen) atoms. The van der Waals surface area contributed by atoms with E-state index in [1.807, 2.05) is 6.92 Å². The summed E-state index contributed by atoms with van der Waals surface area (Å²) >= 11 is 0. The minimum absolute atomic E-state index is 0.0202. The molecule has 2 atom stereocenters. The van der Waals surface area contributed by atoms with Crippen LogP contribution in [0.1, 0.15) is 32.4 Å². The van der Waals surface area contributed by atoms with Gasteiger partial charge in [0.25, 0.3) is 0 Å². The van der Waals surface area contributed by atoms with Crippen LogP contribution in [0.2, 0.25) is 0 Å². The molecule has 0 spiro atoms. The van der Waals surface area contributed by atoms with Gasteiger partial charge in [-0.25, -0.2) is 4.39 Å². The lowest BCUT2D eigenvalue weighted by Crippen LogP contribution is -2.31. The van der Waals surface area contributed by atoms with E-state index in [2.05, 4.69) is 18.7 Å². The number of benzene rings is 1. The van der Waals surface area contributed by atoms with E-state index in [0.29, 0.717) is 5.56 Å². The maximum absolute atomic E-state index is 13.5.